The summed E-state index contributed by atoms with van der Waals surface area (Å²) < 4.78 is 0. The minimum atomic E-state index is -0.141. The van der Waals surface area contributed by atoms with Gasteiger partial charge in [0.05, 0.1) is 0 Å². The molecule has 1 rings (SSSR count). The second-order valence-corrected chi connectivity index (χ2v) is 6.27. The Balaban J connectivity index is 2.35. The summed E-state index contributed by atoms with van der Waals surface area (Å²) in [4.78, 5) is 11.7. The lowest BCUT2D eigenvalue weighted by atomic mass is 9.87. The van der Waals surface area contributed by atoms with Crippen LogP contribution in [0.25, 0.3) is 0 Å². The number of ketones is 1. The molecule has 0 spiro atoms. The number of thioether (sulfide) groups is 1. The minimum absolute atomic E-state index is 0.141. The van der Waals surface area contributed by atoms with E-state index in [2.05, 4.69) is 0 Å². The van der Waals surface area contributed by atoms with Crippen LogP contribution in [0.2, 0.25) is 0 Å². The van der Waals surface area contributed by atoms with E-state index >= 15 is 0 Å². The van der Waals surface area contributed by atoms with Gasteiger partial charge in [0.1, 0.15) is 5.78 Å². The van der Waals surface area contributed by atoms with Crippen molar-refractivity contribution >= 4 is 17.5 Å². The highest BCUT2D eigenvalue weighted by Gasteiger charge is 2.25. The fourth-order valence-corrected chi connectivity index (χ4v) is 2.79. The lowest BCUT2D eigenvalue weighted by Crippen LogP contribution is -2.25. The third-order valence-electron chi connectivity index (χ3n) is 2.52. The van der Waals surface area contributed by atoms with E-state index in [0.717, 1.165) is 6.42 Å². The van der Waals surface area contributed by atoms with Gasteiger partial charge in [-0.2, -0.15) is 11.8 Å². The first-order valence-corrected chi connectivity index (χ1v) is 6.20. The molecule has 0 aliphatic carbocycles. The predicted octanol–water partition coefficient (Wildman–Crippen LogP) is 3.28. The van der Waals surface area contributed by atoms with Crippen LogP contribution in [0.15, 0.2) is 0 Å². The van der Waals surface area contributed by atoms with Gasteiger partial charge in [0.2, 0.25) is 0 Å². The molecule has 1 unspecified atom stereocenters. The Morgan fingerprint density at radius 2 is 2.08 bits per heavy atom. The van der Waals surface area contributed by atoms with Crippen molar-refractivity contribution in [3.63, 3.8) is 0 Å². The molecular weight excluding hydrogens is 180 g/mol. The van der Waals surface area contributed by atoms with Crippen molar-refractivity contribution in [2.75, 3.05) is 5.75 Å². The monoisotopic (exact) mass is 200 g/mol. The second kappa shape index (κ2) is 4.50. The van der Waals surface area contributed by atoms with Gasteiger partial charge in [0, 0.05) is 17.1 Å². The van der Waals surface area contributed by atoms with Crippen LogP contribution in [0.1, 0.15) is 46.5 Å². The Kier molecular flexibility index (Phi) is 3.84. The molecule has 0 radical (unpaired) electrons. The molecule has 0 aromatic heterocycles. The minimum Gasteiger partial charge on any atom is -0.299 e. The summed E-state index contributed by atoms with van der Waals surface area (Å²) in [7, 11) is 0. The quantitative estimate of drug-likeness (QED) is 0.680. The van der Waals surface area contributed by atoms with Crippen LogP contribution in [-0.4, -0.2) is 16.8 Å². The van der Waals surface area contributed by atoms with E-state index in [-0.39, 0.29) is 5.41 Å². The summed E-state index contributed by atoms with van der Waals surface area (Å²) in [5.41, 5.74) is -0.141. The highest BCUT2D eigenvalue weighted by Crippen LogP contribution is 2.30. The molecule has 0 bridgehead atoms. The largest absolute Gasteiger partial charge is 0.299 e. The molecule has 1 heterocycles. The molecule has 0 aromatic rings. The molecule has 0 aromatic carbocycles. The Morgan fingerprint density at radius 1 is 1.38 bits per heavy atom. The number of rotatable bonds is 2. The van der Waals surface area contributed by atoms with E-state index in [1.54, 1.807) is 0 Å². The number of carbonyl (C=O) groups is 1. The Hall–Kier alpha value is 0.0200. The zero-order valence-electron chi connectivity index (χ0n) is 8.93. The standard InChI is InChI=1S/C11H20OS/c1-11(2,3)10(12)8-9-6-4-5-7-13-9/h9H,4-8H2,1-3H3. The summed E-state index contributed by atoms with van der Waals surface area (Å²) in [5.74, 6) is 1.68. The highest BCUT2D eigenvalue weighted by atomic mass is 32.2. The van der Waals surface area contributed by atoms with E-state index in [0.29, 0.717) is 11.0 Å². The first-order chi connectivity index (χ1) is 6.00. The lowest BCUT2D eigenvalue weighted by molar-refractivity contribution is -0.126. The molecule has 1 atom stereocenters. The molecule has 0 amide bonds. The Morgan fingerprint density at radius 3 is 2.54 bits per heavy atom. The van der Waals surface area contributed by atoms with Gasteiger partial charge < -0.3 is 0 Å². The maximum Gasteiger partial charge on any atom is 0.139 e. The highest BCUT2D eigenvalue weighted by molar-refractivity contribution is 7.99. The maximum absolute atomic E-state index is 11.7. The summed E-state index contributed by atoms with van der Waals surface area (Å²) in [6.45, 7) is 6.05. The zero-order chi connectivity index (χ0) is 9.90. The van der Waals surface area contributed by atoms with Gasteiger partial charge in [0.15, 0.2) is 0 Å². The summed E-state index contributed by atoms with van der Waals surface area (Å²) in [5, 5.41) is 0.612. The first-order valence-electron chi connectivity index (χ1n) is 5.15. The topological polar surface area (TPSA) is 17.1 Å². The maximum atomic E-state index is 11.7. The van der Waals surface area contributed by atoms with Crippen molar-refractivity contribution in [1.82, 2.24) is 0 Å². The van der Waals surface area contributed by atoms with Crippen molar-refractivity contribution in [2.45, 2.75) is 51.7 Å². The molecule has 1 saturated heterocycles. The zero-order valence-corrected chi connectivity index (χ0v) is 9.75. The van der Waals surface area contributed by atoms with Crippen LogP contribution < -0.4 is 0 Å². The molecule has 13 heavy (non-hydrogen) atoms. The number of hydrogen-bond acceptors (Lipinski definition) is 2. The van der Waals surface area contributed by atoms with E-state index in [4.69, 9.17) is 0 Å². The van der Waals surface area contributed by atoms with Crippen LogP contribution in [0.5, 0.6) is 0 Å². The number of carbonyl (C=O) groups excluding carboxylic acids is 1. The van der Waals surface area contributed by atoms with Crippen molar-refractivity contribution in [1.29, 1.82) is 0 Å². The average Bonchev–Trinajstić information content (AvgIpc) is 2.04. The molecule has 1 nitrogen and oxygen atoms in total. The van der Waals surface area contributed by atoms with Crippen molar-refractivity contribution < 1.29 is 4.79 Å². The fraction of sp³-hybridized carbons (Fsp3) is 0.909. The molecule has 1 aliphatic rings. The SMILES string of the molecule is CC(C)(C)C(=O)CC1CCCCS1. The van der Waals surface area contributed by atoms with Crippen molar-refractivity contribution in [3.8, 4) is 0 Å². The van der Waals surface area contributed by atoms with Gasteiger partial charge >= 0.3 is 0 Å². The molecule has 2 heteroatoms. The fourth-order valence-electron chi connectivity index (χ4n) is 1.48. The lowest BCUT2D eigenvalue weighted by Gasteiger charge is -2.24. The van der Waals surface area contributed by atoms with Crippen LogP contribution >= 0.6 is 11.8 Å². The number of Topliss-reactive ketones (excluding diaryl/α,β-unsaturated/α-hetero) is 1. The van der Waals surface area contributed by atoms with Gasteiger partial charge in [-0.15, -0.1) is 0 Å². The summed E-state index contributed by atoms with van der Waals surface area (Å²) >= 11 is 1.99. The Bertz CT molecular complexity index is 175. The van der Waals surface area contributed by atoms with Gasteiger partial charge in [-0.25, -0.2) is 0 Å². The van der Waals surface area contributed by atoms with E-state index in [1.807, 2.05) is 32.5 Å². The number of hydrogen-bond donors (Lipinski definition) is 0. The van der Waals surface area contributed by atoms with Crippen LogP contribution in [0, 0.1) is 5.41 Å². The molecular formula is C11H20OS. The third kappa shape index (κ3) is 3.72. The smallest absolute Gasteiger partial charge is 0.139 e. The van der Waals surface area contributed by atoms with E-state index in [9.17, 15) is 4.79 Å². The summed E-state index contributed by atoms with van der Waals surface area (Å²) in [6.07, 6.45) is 4.68. The van der Waals surface area contributed by atoms with Crippen molar-refractivity contribution in [3.05, 3.63) is 0 Å². The van der Waals surface area contributed by atoms with Crippen LogP contribution in [0.3, 0.4) is 0 Å². The molecule has 1 aliphatic heterocycles. The van der Waals surface area contributed by atoms with E-state index in [1.165, 1.54) is 25.0 Å². The van der Waals surface area contributed by atoms with Crippen LogP contribution in [-0.2, 0) is 4.79 Å². The first kappa shape index (κ1) is 11.1. The average molecular weight is 200 g/mol. The Labute approximate surface area is 85.7 Å². The van der Waals surface area contributed by atoms with Gasteiger partial charge in [-0.05, 0) is 18.6 Å². The second-order valence-electron chi connectivity index (χ2n) is 4.87. The van der Waals surface area contributed by atoms with Crippen LogP contribution in [0.4, 0.5) is 0 Å². The molecule has 0 N–H and O–H groups in total. The summed E-state index contributed by atoms with van der Waals surface area (Å²) in [6, 6.07) is 0. The normalized spacial score (nSPS) is 24.4. The third-order valence-corrected chi connectivity index (χ3v) is 3.92. The van der Waals surface area contributed by atoms with E-state index < -0.39 is 0 Å². The van der Waals surface area contributed by atoms with Gasteiger partial charge in [-0.3, -0.25) is 4.79 Å². The van der Waals surface area contributed by atoms with Gasteiger partial charge in [-0.1, -0.05) is 27.2 Å². The van der Waals surface area contributed by atoms with Gasteiger partial charge in [0.25, 0.3) is 0 Å². The molecule has 1 fully saturated rings. The molecule has 76 valence electrons. The predicted molar refractivity (Wildman–Crippen MR) is 59.2 cm³/mol. The molecule has 0 saturated carbocycles. The van der Waals surface area contributed by atoms with Crippen molar-refractivity contribution in [2.24, 2.45) is 5.41 Å².